The molecule has 3 N–H and O–H groups in total. The van der Waals surface area contributed by atoms with Crippen molar-refractivity contribution in [2.24, 2.45) is 0 Å². The standard InChI is InChI=1S/C21H25ClFN3O2/c1-4-14-7-5-6-8-18(14)26-20(28)12-24-19(27)13-25-21(2,3)16-10-9-15(23)11-17(16)22/h5-11,25H,4,12-13H2,1-3H3,(H,24,27)(H,26,28). The Bertz CT molecular complexity index is 855. The quantitative estimate of drug-likeness (QED) is 0.628. The first-order chi connectivity index (χ1) is 13.2. The van der Waals surface area contributed by atoms with Crippen LogP contribution in [0.5, 0.6) is 0 Å². The molecule has 5 nitrogen and oxygen atoms in total. The molecule has 0 fully saturated rings. The molecule has 0 aliphatic rings. The minimum atomic E-state index is -0.648. The molecular formula is C21H25ClFN3O2. The number of amides is 2. The first kappa shape index (κ1) is 21.9. The summed E-state index contributed by atoms with van der Waals surface area (Å²) in [6.07, 6.45) is 0.799. The number of anilines is 1. The summed E-state index contributed by atoms with van der Waals surface area (Å²) in [7, 11) is 0. The molecule has 0 spiro atoms. The molecule has 2 aromatic carbocycles. The molecule has 28 heavy (non-hydrogen) atoms. The normalized spacial score (nSPS) is 11.2. The summed E-state index contributed by atoms with van der Waals surface area (Å²) < 4.78 is 13.2. The van der Waals surface area contributed by atoms with Crippen LogP contribution in [0.2, 0.25) is 5.02 Å². The van der Waals surface area contributed by atoms with E-state index in [0.717, 1.165) is 17.7 Å². The Kier molecular flexibility index (Phi) is 7.54. The van der Waals surface area contributed by atoms with Crippen molar-refractivity contribution in [1.82, 2.24) is 10.6 Å². The molecule has 0 aliphatic heterocycles. The van der Waals surface area contributed by atoms with Gasteiger partial charge < -0.3 is 10.6 Å². The van der Waals surface area contributed by atoms with E-state index in [1.54, 1.807) is 6.07 Å². The van der Waals surface area contributed by atoms with Crippen molar-refractivity contribution in [1.29, 1.82) is 0 Å². The van der Waals surface area contributed by atoms with Crippen LogP contribution in [0.25, 0.3) is 0 Å². The third-order valence-corrected chi connectivity index (χ3v) is 4.73. The number of aryl methyl sites for hydroxylation is 1. The molecule has 0 aliphatic carbocycles. The topological polar surface area (TPSA) is 70.2 Å². The van der Waals surface area contributed by atoms with Crippen LogP contribution in [0, 0.1) is 5.82 Å². The summed E-state index contributed by atoms with van der Waals surface area (Å²) >= 11 is 6.10. The van der Waals surface area contributed by atoms with Gasteiger partial charge in [-0.05, 0) is 49.6 Å². The van der Waals surface area contributed by atoms with E-state index in [2.05, 4.69) is 16.0 Å². The Morgan fingerprint density at radius 3 is 2.46 bits per heavy atom. The lowest BCUT2D eigenvalue weighted by molar-refractivity contribution is -0.123. The van der Waals surface area contributed by atoms with Gasteiger partial charge in [-0.15, -0.1) is 0 Å². The minimum Gasteiger partial charge on any atom is -0.346 e. The van der Waals surface area contributed by atoms with Crippen LogP contribution in [0.1, 0.15) is 31.9 Å². The fraction of sp³-hybridized carbons (Fsp3) is 0.333. The van der Waals surface area contributed by atoms with Gasteiger partial charge >= 0.3 is 0 Å². The van der Waals surface area contributed by atoms with Crippen LogP contribution in [0.3, 0.4) is 0 Å². The Morgan fingerprint density at radius 2 is 1.79 bits per heavy atom. The highest BCUT2D eigenvalue weighted by Gasteiger charge is 2.24. The third kappa shape index (κ3) is 6.04. The average molecular weight is 406 g/mol. The molecule has 0 atom stereocenters. The van der Waals surface area contributed by atoms with Crippen LogP contribution >= 0.6 is 11.6 Å². The SMILES string of the molecule is CCc1ccccc1NC(=O)CNC(=O)CNC(C)(C)c1ccc(F)cc1Cl. The van der Waals surface area contributed by atoms with Crippen LogP contribution in [-0.4, -0.2) is 24.9 Å². The van der Waals surface area contributed by atoms with Crippen LogP contribution in [0.15, 0.2) is 42.5 Å². The smallest absolute Gasteiger partial charge is 0.243 e. The molecule has 2 amide bonds. The van der Waals surface area contributed by atoms with E-state index in [4.69, 9.17) is 11.6 Å². The second kappa shape index (κ2) is 9.66. The van der Waals surface area contributed by atoms with Gasteiger partial charge in [-0.1, -0.05) is 42.8 Å². The minimum absolute atomic E-state index is 0.0144. The number of carbonyl (C=O) groups excluding carboxylic acids is 2. The Labute approximate surface area is 169 Å². The van der Waals surface area contributed by atoms with Crippen LogP contribution < -0.4 is 16.0 Å². The molecule has 0 unspecified atom stereocenters. The number of hydrogen-bond acceptors (Lipinski definition) is 3. The molecule has 0 bridgehead atoms. The highest BCUT2D eigenvalue weighted by Crippen LogP contribution is 2.28. The van der Waals surface area contributed by atoms with Gasteiger partial charge in [-0.2, -0.15) is 0 Å². The van der Waals surface area contributed by atoms with E-state index in [9.17, 15) is 14.0 Å². The van der Waals surface area contributed by atoms with Gasteiger partial charge in [-0.3, -0.25) is 14.9 Å². The zero-order valence-corrected chi connectivity index (χ0v) is 17.0. The number of para-hydroxylation sites is 1. The summed E-state index contributed by atoms with van der Waals surface area (Å²) in [6, 6.07) is 11.7. The molecule has 0 heterocycles. The Balaban J connectivity index is 1.84. The van der Waals surface area contributed by atoms with Crippen molar-refractivity contribution in [3.63, 3.8) is 0 Å². The van der Waals surface area contributed by atoms with E-state index in [-0.39, 0.29) is 29.9 Å². The van der Waals surface area contributed by atoms with Gasteiger partial charge in [0.15, 0.2) is 0 Å². The van der Waals surface area contributed by atoms with E-state index in [1.807, 2.05) is 45.0 Å². The number of rotatable bonds is 8. The van der Waals surface area contributed by atoms with Crippen molar-refractivity contribution in [2.75, 3.05) is 18.4 Å². The first-order valence-corrected chi connectivity index (χ1v) is 9.45. The highest BCUT2D eigenvalue weighted by atomic mass is 35.5. The maximum absolute atomic E-state index is 13.2. The zero-order chi connectivity index (χ0) is 20.7. The largest absolute Gasteiger partial charge is 0.346 e. The van der Waals surface area contributed by atoms with E-state index in [1.165, 1.54) is 12.1 Å². The van der Waals surface area contributed by atoms with Crippen molar-refractivity contribution < 1.29 is 14.0 Å². The lowest BCUT2D eigenvalue weighted by Crippen LogP contribution is -2.45. The van der Waals surface area contributed by atoms with Crippen LogP contribution in [-0.2, 0) is 21.5 Å². The molecule has 7 heteroatoms. The predicted molar refractivity (Wildman–Crippen MR) is 110 cm³/mol. The average Bonchev–Trinajstić information content (AvgIpc) is 2.65. The molecular weight excluding hydrogens is 381 g/mol. The van der Waals surface area contributed by atoms with E-state index >= 15 is 0 Å². The van der Waals surface area contributed by atoms with E-state index in [0.29, 0.717) is 5.56 Å². The summed E-state index contributed by atoms with van der Waals surface area (Å²) in [5.74, 6) is -1.04. The van der Waals surface area contributed by atoms with E-state index < -0.39 is 11.4 Å². The summed E-state index contributed by atoms with van der Waals surface area (Å²) in [4.78, 5) is 24.2. The number of nitrogens with one attached hydrogen (secondary N) is 3. The zero-order valence-electron chi connectivity index (χ0n) is 16.2. The predicted octanol–water partition coefficient (Wildman–Crippen LogP) is 3.62. The second-order valence-electron chi connectivity index (χ2n) is 6.94. The summed E-state index contributed by atoms with van der Waals surface area (Å²) in [5, 5.41) is 8.74. The molecule has 150 valence electrons. The highest BCUT2D eigenvalue weighted by molar-refractivity contribution is 6.31. The second-order valence-corrected chi connectivity index (χ2v) is 7.35. The lowest BCUT2D eigenvalue weighted by Gasteiger charge is -2.27. The summed E-state index contributed by atoms with van der Waals surface area (Å²) in [6.45, 7) is 5.55. The van der Waals surface area contributed by atoms with Crippen LogP contribution in [0.4, 0.5) is 10.1 Å². The Morgan fingerprint density at radius 1 is 1.07 bits per heavy atom. The molecule has 0 aromatic heterocycles. The van der Waals surface area contributed by atoms with Gasteiger partial charge in [-0.25, -0.2) is 4.39 Å². The van der Waals surface area contributed by atoms with Crippen molar-refractivity contribution in [3.05, 3.63) is 64.4 Å². The molecule has 0 saturated carbocycles. The number of benzene rings is 2. The first-order valence-electron chi connectivity index (χ1n) is 9.08. The molecule has 0 saturated heterocycles. The summed E-state index contributed by atoms with van der Waals surface area (Å²) in [5.41, 5.74) is 1.80. The van der Waals surface area contributed by atoms with Crippen molar-refractivity contribution in [3.8, 4) is 0 Å². The lowest BCUT2D eigenvalue weighted by atomic mass is 9.94. The maximum atomic E-state index is 13.2. The fourth-order valence-corrected chi connectivity index (χ4v) is 3.18. The van der Waals surface area contributed by atoms with Gasteiger partial charge in [0.25, 0.3) is 0 Å². The van der Waals surface area contributed by atoms with Crippen molar-refractivity contribution in [2.45, 2.75) is 32.7 Å². The number of halogens is 2. The number of hydrogen-bond donors (Lipinski definition) is 3. The van der Waals surface area contributed by atoms with Gasteiger partial charge in [0.1, 0.15) is 5.82 Å². The molecule has 2 rings (SSSR count). The fourth-order valence-electron chi connectivity index (χ4n) is 2.78. The van der Waals surface area contributed by atoms with Crippen molar-refractivity contribution >= 4 is 29.1 Å². The monoisotopic (exact) mass is 405 g/mol. The number of carbonyl (C=O) groups is 2. The Hall–Kier alpha value is -2.44. The maximum Gasteiger partial charge on any atom is 0.243 e. The third-order valence-electron chi connectivity index (χ3n) is 4.41. The molecule has 2 aromatic rings. The molecule has 0 radical (unpaired) electrons. The van der Waals surface area contributed by atoms with Gasteiger partial charge in [0, 0.05) is 16.2 Å². The van der Waals surface area contributed by atoms with Gasteiger partial charge in [0.2, 0.25) is 11.8 Å². The van der Waals surface area contributed by atoms with Gasteiger partial charge in [0.05, 0.1) is 13.1 Å².